The fraction of sp³-hybridized carbons (Fsp3) is 0.692. The molecule has 0 spiro atoms. The molecule has 2 heterocycles. The van der Waals surface area contributed by atoms with Crippen LogP contribution in [0.5, 0.6) is 0 Å². The minimum Gasteiger partial charge on any atom is -0.463 e. The summed E-state index contributed by atoms with van der Waals surface area (Å²) in [6, 6.07) is 4.21. The number of dihydropyridines is 1. The second-order valence-electron chi connectivity index (χ2n) is 16.2. The van der Waals surface area contributed by atoms with Gasteiger partial charge in [-0.1, -0.05) is 24.3 Å². The Morgan fingerprint density at radius 2 is 0.792 bits per heavy atom. The highest BCUT2D eigenvalue weighted by atomic mass is 19.4. The molecule has 72 heavy (non-hydrogen) atoms. The first-order valence-electron chi connectivity index (χ1n) is 19.9. The SMILES string of the molecule is CCOC(=O)C1=C(C)NC(C)=C(C(=O)OCC)C1c1ccc(C2OCC(CCC(F)(F)C(F)(F)C(F)(F)C(F)(F)C(F)(F)C(F)(F)F)(CCC(F)(F)C(F)(F)C(F)(F)C(F)(F)C(F)(F)C(F)(F)F)CO2)cc1. The quantitative estimate of drug-likeness (QED) is 0.103. The number of esters is 2. The zero-order valence-electron chi connectivity index (χ0n) is 36.4. The molecule has 0 atom stereocenters. The number of rotatable bonds is 20. The summed E-state index contributed by atoms with van der Waals surface area (Å²) >= 11 is 0. The van der Waals surface area contributed by atoms with E-state index in [1.807, 2.05) is 0 Å². The number of nitrogens with one attached hydrogen (secondary N) is 1. The van der Waals surface area contributed by atoms with Crippen molar-refractivity contribution in [3.8, 4) is 0 Å². The Bertz CT molecular complexity index is 2070. The summed E-state index contributed by atoms with van der Waals surface area (Å²) < 4.78 is 380. The van der Waals surface area contributed by atoms with Gasteiger partial charge in [-0.05, 0) is 46.1 Å². The average molecular weight is 1110 g/mol. The van der Waals surface area contributed by atoms with Gasteiger partial charge in [-0.15, -0.1) is 0 Å². The third-order valence-corrected chi connectivity index (χ3v) is 11.3. The summed E-state index contributed by atoms with van der Waals surface area (Å²) in [5, 5.41) is 2.79. The topological polar surface area (TPSA) is 83.1 Å². The lowest BCUT2D eigenvalue weighted by atomic mass is 9.76. The molecule has 0 aromatic heterocycles. The first kappa shape index (κ1) is 61.8. The second kappa shape index (κ2) is 19.7. The third-order valence-electron chi connectivity index (χ3n) is 11.3. The first-order valence-corrected chi connectivity index (χ1v) is 19.9. The molecule has 1 fully saturated rings. The number of hydrogen-bond donors (Lipinski definition) is 1. The number of allylic oxidation sites excluding steroid dienone is 2. The van der Waals surface area contributed by atoms with Crippen LogP contribution in [0.3, 0.4) is 0 Å². The van der Waals surface area contributed by atoms with Crippen LogP contribution >= 0.6 is 0 Å². The highest BCUT2D eigenvalue weighted by Crippen LogP contribution is 2.63. The average Bonchev–Trinajstić information content (AvgIpc) is 3.24. The highest BCUT2D eigenvalue weighted by Gasteiger charge is 2.92. The van der Waals surface area contributed by atoms with E-state index in [9.17, 15) is 124 Å². The molecular formula is C39H35F26NO6. The van der Waals surface area contributed by atoms with E-state index in [0.717, 1.165) is 24.3 Å². The Morgan fingerprint density at radius 3 is 1.08 bits per heavy atom. The van der Waals surface area contributed by atoms with Crippen molar-refractivity contribution < 1.29 is 143 Å². The van der Waals surface area contributed by atoms with Crippen LogP contribution in [0.15, 0.2) is 46.8 Å². The molecule has 2 aliphatic heterocycles. The predicted octanol–water partition coefficient (Wildman–Crippen LogP) is 13.1. The number of ether oxygens (including phenoxy) is 4. The van der Waals surface area contributed by atoms with Crippen LogP contribution in [0.4, 0.5) is 114 Å². The highest BCUT2D eigenvalue weighted by molar-refractivity contribution is 5.99. The van der Waals surface area contributed by atoms with Gasteiger partial charge in [0, 0.05) is 35.2 Å². The van der Waals surface area contributed by atoms with Crippen LogP contribution in [-0.4, -0.2) is 110 Å². The van der Waals surface area contributed by atoms with Crippen molar-refractivity contribution in [3.63, 3.8) is 0 Å². The summed E-state index contributed by atoms with van der Waals surface area (Å²) in [4.78, 5) is 26.2. The van der Waals surface area contributed by atoms with Crippen molar-refractivity contribution in [2.45, 2.75) is 137 Å². The zero-order valence-corrected chi connectivity index (χ0v) is 36.4. The van der Waals surface area contributed by atoms with Gasteiger partial charge in [-0.2, -0.15) is 114 Å². The molecule has 0 unspecified atom stereocenters. The Balaban J connectivity index is 2.12. The fourth-order valence-electron chi connectivity index (χ4n) is 7.09. The van der Waals surface area contributed by atoms with Gasteiger partial charge in [0.1, 0.15) is 0 Å². The normalized spacial score (nSPS) is 18.4. The van der Waals surface area contributed by atoms with Gasteiger partial charge in [0.05, 0.1) is 43.5 Å². The summed E-state index contributed by atoms with van der Waals surface area (Å²) in [7, 11) is 0. The first-order chi connectivity index (χ1) is 32.1. The monoisotopic (exact) mass is 1110 g/mol. The summed E-state index contributed by atoms with van der Waals surface area (Å²) in [5.41, 5.74) is -3.72. The maximum Gasteiger partial charge on any atom is 0.460 e. The number of halogens is 26. The predicted molar refractivity (Wildman–Crippen MR) is 188 cm³/mol. The van der Waals surface area contributed by atoms with Crippen LogP contribution in [0, 0.1) is 5.41 Å². The molecule has 1 saturated heterocycles. The number of hydrogen-bond acceptors (Lipinski definition) is 7. The number of carbonyl (C=O) groups excluding carboxylic acids is 2. The van der Waals surface area contributed by atoms with Gasteiger partial charge in [0.15, 0.2) is 6.29 Å². The molecule has 0 aliphatic carbocycles. The summed E-state index contributed by atoms with van der Waals surface area (Å²) in [6.07, 6.45) is -29.2. The minimum atomic E-state index is -8.45. The molecule has 2 aliphatic rings. The summed E-state index contributed by atoms with van der Waals surface area (Å²) in [5.74, 6) is -83.6. The molecule has 0 amide bonds. The molecule has 0 bridgehead atoms. The van der Waals surface area contributed by atoms with Crippen molar-refractivity contribution in [2.24, 2.45) is 5.41 Å². The van der Waals surface area contributed by atoms with E-state index >= 15 is 0 Å². The Morgan fingerprint density at radius 1 is 0.500 bits per heavy atom. The molecule has 1 aromatic carbocycles. The van der Waals surface area contributed by atoms with Crippen LogP contribution in [0.2, 0.25) is 0 Å². The smallest absolute Gasteiger partial charge is 0.460 e. The fourth-order valence-corrected chi connectivity index (χ4v) is 7.09. The molecule has 1 N–H and O–H groups in total. The minimum absolute atomic E-state index is 0.0345. The van der Waals surface area contributed by atoms with E-state index in [0.29, 0.717) is 0 Å². The van der Waals surface area contributed by atoms with E-state index in [4.69, 9.17) is 18.9 Å². The van der Waals surface area contributed by atoms with E-state index in [2.05, 4.69) is 5.32 Å². The standard InChI is InChI=1S/C39H35F26NO6/c1-5-69-24(67)21-17(3)66-18(4)22(25(68)70-6-2)23(21)19-7-9-20(10-8-19)26-71-15-27(16-72-26,11-13-28(40,41)30(44,45)32(48,49)34(52,53)36(56,57)38(60,61)62)12-14-29(42,43)31(46,47)33(50,51)35(54,55)37(58,59)39(63,64)65/h7-10,23,26,66H,5-6,11-16H2,1-4H3. The maximum absolute atomic E-state index is 15.0. The summed E-state index contributed by atoms with van der Waals surface area (Å²) in [6.45, 7) is 1.68. The molecule has 7 nitrogen and oxygen atoms in total. The van der Waals surface area contributed by atoms with Crippen LogP contribution in [0.1, 0.15) is 76.7 Å². The number of alkyl halides is 26. The second-order valence-corrected chi connectivity index (χ2v) is 16.2. The third kappa shape index (κ3) is 10.2. The Kier molecular flexibility index (Phi) is 16.9. The molecule has 0 radical (unpaired) electrons. The lowest BCUT2D eigenvalue weighted by Crippen LogP contribution is -2.70. The molecule has 1 aromatic rings. The molecule has 414 valence electrons. The lowest BCUT2D eigenvalue weighted by Gasteiger charge is -2.44. The zero-order chi connectivity index (χ0) is 56.3. The lowest BCUT2D eigenvalue weighted by molar-refractivity contribution is -0.441. The van der Waals surface area contributed by atoms with Gasteiger partial charge in [0.2, 0.25) is 0 Å². The van der Waals surface area contributed by atoms with Gasteiger partial charge in [-0.3, -0.25) is 0 Å². The van der Waals surface area contributed by atoms with Crippen molar-refractivity contribution in [1.29, 1.82) is 0 Å². The van der Waals surface area contributed by atoms with Gasteiger partial charge < -0.3 is 24.3 Å². The van der Waals surface area contributed by atoms with Gasteiger partial charge in [0.25, 0.3) is 0 Å². The van der Waals surface area contributed by atoms with E-state index in [1.165, 1.54) is 27.7 Å². The molecule has 3 rings (SSSR count). The number of carbonyl (C=O) groups is 2. The van der Waals surface area contributed by atoms with Gasteiger partial charge >= 0.3 is 83.5 Å². The maximum atomic E-state index is 15.0. The molecule has 33 heteroatoms. The van der Waals surface area contributed by atoms with Crippen molar-refractivity contribution >= 4 is 11.9 Å². The van der Waals surface area contributed by atoms with Crippen molar-refractivity contribution in [2.75, 3.05) is 26.4 Å². The molecule has 0 saturated carbocycles. The van der Waals surface area contributed by atoms with Gasteiger partial charge in [-0.25, -0.2) is 9.59 Å². The van der Waals surface area contributed by atoms with E-state index in [1.54, 1.807) is 0 Å². The molecular weight excluding hydrogens is 1070 g/mol. The Hall–Kier alpha value is -4.46. The van der Waals surface area contributed by atoms with Crippen LogP contribution in [-0.2, 0) is 28.5 Å². The van der Waals surface area contributed by atoms with Crippen molar-refractivity contribution in [3.05, 3.63) is 57.9 Å². The Labute approximate surface area is 387 Å². The van der Waals surface area contributed by atoms with Crippen LogP contribution in [0.25, 0.3) is 0 Å². The largest absolute Gasteiger partial charge is 0.463 e. The van der Waals surface area contributed by atoms with E-state index < -0.39 is 140 Å². The van der Waals surface area contributed by atoms with Crippen molar-refractivity contribution in [1.82, 2.24) is 5.32 Å². The van der Waals surface area contributed by atoms with E-state index in [-0.39, 0.29) is 46.9 Å². The number of benzene rings is 1. The van der Waals surface area contributed by atoms with Crippen LogP contribution < -0.4 is 5.32 Å².